The predicted molar refractivity (Wildman–Crippen MR) is 76.2 cm³/mol. The molecule has 0 spiro atoms. The van der Waals surface area contributed by atoms with Gasteiger partial charge >= 0.3 is 5.97 Å². The number of carboxylic acid groups (broad SMARTS) is 1. The number of anilines is 1. The van der Waals surface area contributed by atoms with Crippen LogP contribution in [0.25, 0.3) is 0 Å². The van der Waals surface area contributed by atoms with Crippen molar-refractivity contribution in [2.75, 3.05) is 4.72 Å². The van der Waals surface area contributed by atoms with Crippen molar-refractivity contribution < 1.29 is 22.7 Å². The number of carboxylic acids is 1. The van der Waals surface area contributed by atoms with E-state index in [1.54, 1.807) is 0 Å². The predicted octanol–water partition coefficient (Wildman–Crippen LogP) is 3.15. The van der Waals surface area contributed by atoms with Crippen molar-refractivity contribution in [1.29, 1.82) is 0 Å². The third kappa shape index (κ3) is 3.17. The first kappa shape index (κ1) is 14.9. The molecule has 0 aliphatic rings. The molecule has 0 bridgehead atoms. The molecule has 0 aliphatic heterocycles. The Hall–Kier alpha value is -1.45. The van der Waals surface area contributed by atoms with Crippen molar-refractivity contribution in [3.05, 3.63) is 45.5 Å². The normalized spacial score (nSPS) is 11.3. The van der Waals surface area contributed by atoms with Crippen molar-refractivity contribution in [2.45, 2.75) is 4.21 Å². The molecular weight excluding hydrogens is 373 g/mol. The fourth-order valence-electron chi connectivity index (χ4n) is 1.34. The summed E-state index contributed by atoms with van der Waals surface area (Å²) in [7, 11) is -3.89. The minimum atomic E-state index is -3.89. The van der Waals surface area contributed by atoms with E-state index in [0.29, 0.717) is 11.3 Å². The number of thiophene rings is 1. The summed E-state index contributed by atoms with van der Waals surface area (Å²) < 4.78 is 39.4. The fraction of sp³-hybridized carbons (Fsp3) is 0. The smallest absolute Gasteiger partial charge is 0.345 e. The molecule has 0 unspecified atom stereocenters. The zero-order chi connectivity index (χ0) is 14.9. The Kier molecular flexibility index (Phi) is 4.11. The van der Waals surface area contributed by atoms with Gasteiger partial charge in [-0.2, -0.15) is 0 Å². The highest BCUT2D eigenvalue weighted by Crippen LogP contribution is 2.26. The number of aromatic carboxylic acids is 1. The molecule has 2 rings (SSSR count). The van der Waals surface area contributed by atoms with Crippen LogP contribution in [0.5, 0.6) is 0 Å². The molecule has 9 heteroatoms. The summed E-state index contributed by atoms with van der Waals surface area (Å²) in [6.07, 6.45) is 0. The van der Waals surface area contributed by atoms with Crippen LogP contribution in [-0.4, -0.2) is 19.5 Å². The monoisotopic (exact) mass is 379 g/mol. The molecule has 0 saturated heterocycles. The summed E-state index contributed by atoms with van der Waals surface area (Å²) in [6, 6.07) is 6.07. The minimum Gasteiger partial charge on any atom is -0.477 e. The molecule has 5 nitrogen and oxygen atoms in total. The van der Waals surface area contributed by atoms with Crippen molar-refractivity contribution in [2.24, 2.45) is 0 Å². The van der Waals surface area contributed by atoms with Crippen LogP contribution in [0, 0.1) is 5.82 Å². The number of hydrogen-bond donors (Lipinski definition) is 2. The first-order valence-corrected chi connectivity index (χ1v) is 8.20. The third-order valence-electron chi connectivity index (χ3n) is 2.23. The van der Waals surface area contributed by atoms with Crippen molar-refractivity contribution in [3.8, 4) is 0 Å². The molecule has 20 heavy (non-hydrogen) atoms. The van der Waals surface area contributed by atoms with Crippen LogP contribution in [0.3, 0.4) is 0 Å². The zero-order valence-corrected chi connectivity index (χ0v) is 12.9. The molecule has 0 fully saturated rings. The molecule has 0 saturated carbocycles. The van der Waals surface area contributed by atoms with Gasteiger partial charge in [0.1, 0.15) is 14.9 Å². The van der Waals surface area contributed by atoms with E-state index in [-0.39, 0.29) is 19.2 Å². The lowest BCUT2D eigenvalue weighted by Gasteiger charge is -2.06. The van der Waals surface area contributed by atoms with E-state index in [2.05, 4.69) is 20.7 Å². The second-order valence-corrected chi connectivity index (χ2v) is 7.51. The van der Waals surface area contributed by atoms with Crippen LogP contribution in [0.2, 0.25) is 0 Å². The largest absolute Gasteiger partial charge is 0.477 e. The summed E-state index contributed by atoms with van der Waals surface area (Å²) >= 11 is 3.59. The zero-order valence-electron chi connectivity index (χ0n) is 9.63. The molecule has 106 valence electrons. The number of hydrogen-bond acceptors (Lipinski definition) is 4. The van der Waals surface area contributed by atoms with Gasteiger partial charge in [0.15, 0.2) is 0 Å². The number of halogens is 2. The standard InChI is InChI=1S/C11H7BrFNO4S2/c12-7-5-6(1-2-8(7)13)14-20(17,18)10-4-3-9(19-10)11(15)16/h1-5,14H,(H,15,16). The van der Waals surface area contributed by atoms with E-state index in [1.165, 1.54) is 24.3 Å². The molecular formula is C11H7BrFNO4S2. The van der Waals surface area contributed by atoms with E-state index in [0.717, 1.165) is 6.07 Å². The second-order valence-electron chi connectivity index (χ2n) is 3.66. The maximum atomic E-state index is 13.1. The average molecular weight is 380 g/mol. The van der Waals surface area contributed by atoms with Gasteiger partial charge in [0.25, 0.3) is 10.0 Å². The summed E-state index contributed by atoms with van der Waals surface area (Å²) in [5.41, 5.74) is 0.170. The lowest BCUT2D eigenvalue weighted by atomic mass is 10.3. The number of rotatable bonds is 4. The minimum absolute atomic E-state index is 0.0781. The van der Waals surface area contributed by atoms with Crippen LogP contribution >= 0.6 is 27.3 Å². The molecule has 2 aromatic rings. The van der Waals surface area contributed by atoms with Crippen molar-refractivity contribution >= 4 is 48.9 Å². The van der Waals surface area contributed by atoms with Crippen LogP contribution in [0.1, 0.15) is 9.67 Å². The SMILES string of the molecule is O=C(O)c1ccc(S(=O)(=O)Nc2ccc(F)c(Br)c2)s1. The van der Waals surface area contributed by atoms with E-state index in [4.69, 9.17) is 5.11 Å². The highest BCUT2D eigenvalue weighted by molar-refractivity contribution is 9.10. The fourth-order valence-corrected chi connectivity index (χ4v) is 3.92. The van der Waals surface area contributed by atoms with Crippen LogP contribution in [0.4, 0.5) is 10.1 Å². The lowest BCUT2D eigenvalue weighted by molar-refractivity contribution is 0.0702. The lowest BCUT2D eigenvalue weighted by Crippen LogP contribution is -2.11. The van der Waals surface area contributed by atoms with Gasteiger partial charge in [-0.15, -0.1) is 11.3 Å². The first-order chi connectivity index (χ1) is 9.29. The van der Waals surface area contributed by atoms with Crippen molar-refractivity contribution in [1.82, 2.24) is 0 Å². The maximum absolute atomic E-state index is 13.1. The average Bonchev–Trinajstić information content (AvgIpc) is 2.84. The molecule has 0 radical (unpaired) electrons. The molecule has 2 N–H and O–H groups in total. The van der Waals surface area contributed by atoms with Gasteiger partial charge in [-0.3, -0.25) is 4.72 Å². The Bertz CT molecular complexity index is 772. The molecule has 1 aromatic heterocycles. The van der Waals surface area contributed by atoms with Gasteiger partial charge in [-0.25, -0.2) is 17.6 Å². The maximum Gasteiger partial charge on any atom is 0.345 e. The molecule has 1 heterocycles. The first-order valence-electron chi connectivity index (χ1n) is 5.10. The molecule has 0 atom stereocenters. The summed E-state index contributed by atoms with van der Waals surface area (Å²) in [5.74, 6) is -1.71. The van der Waals surface area contributed by atoms with Gasteiger partial charge in [0.05, 0.1) is 10.2 Å². The number of nitrogens with one attached hydrogen (secondary N) is 1. The number of sulfonamides is 1. The van der Waals surface area contributed by atoms with Crippen LogP contribution in [-0.2, 0) is 10.0 Å². The topological polar surface area (TPSA) is 83.5 Å². The highest BCUT2D eigenvalue weighted by Gasteiger charge is 2.19. The van der Waals surface area contributed by atoms with E-state index in [9.17, 15) is 17.6 Å². The number of carbonyl (C=O) groups is 1. The van der Waals surface area contributed by atoms with E-state index >= 15 is 0 Å². The summed E-state index contributed by atoms with van der Waals surface area (Å²) in [5, 5.41) is 8.77. The van der Waals surface area contributed by atoms with E-state index in [1.807, 2.05) is 0 Å². The van der Waals surface area contributed by atoms with Crippen LogP contribution < -0.4 is 4.72 Å². The quantitative estimate of drug-likeness (QED) is 0.854. The third-order valence-corrected chi connectivity index (χ3v) is 5.78. The summed E-state index contributed by atoms with van der Waals surface area (Å²) in [6.45, 7) is 0. The Morgan fingerprint density at radius 2 is 2.00 bits per heavy atom. The van der Waals surface area contributed by atoms with Crippen molar-refractivity contribution in [3.63, 3.8) is 0 Å². The molecule has 0 amide bonds. The Labute approximate surface area is 126 Å². The Morgan fingerprint density at radius 1 is 1.30 bits per heavy atom. The van der Waals surface area contributed by atoms with Gasteiger partial charge in [0.2, 0.25) is 0 Å². The Morgan fingerprint density at radius 3 is 2.55 bits per heavy atom. The molecule has 0 aliphatic carbocycles. The van der Waals surface area contributed by atoms with Crippen LogP contribution in [0.15, 0.2) is 39.0 Å². The van der Waals surface area contributed by atoms with Gasteiger partial charge in [0, 0.05) is 0 Å². The molecule has 1 aromatic carbocycles. The Balaban J connectivity index is 2.30. The summed E-state index contributed by atoms with van der Waals surface area (Å²) in [4.78, 5) is 10.7. The second kappa shape index (κ2) is 5.51. The van der Waals surface area contributed by atoms with Gasteiger partial charge < -0.3 is 5.11 Å². The van der Waals surface area contributed by atoms with E-state index < -0.39 is 21.8 Å². The van der Waals surface area contributed by atoms with Gasteiger partial charge in [-0.1, -0.05) is 0 Å². The number of benzene rings is 1. The highest BCUT2D eigenvalue weighted by atomic mass is 79.9. The van der Waals surface area contributed by atoms with Gasteiger partial charge in [-0.05, 0) is 46.3 Å².